The Labute approximate surface area is 410 Å². The molecule has 19 heteroatoms. The molecule has 0 bridgehead atoms. The monoisotopic (exact) mass is 1040 g/mol. The molecule has 0 saturated carbocycles. The molecule has 5 aromatic rings. The summed E-state index contributed by atoms with van der Waals surface area (Å²) in [6.45, 7) is 10.8. The van der Waals surface area contributed by atoms with E-state index in [0.717, 1.165) is 91.7 Å². The number of likely N-dealkylation sites (N-methyl/N-ethyl adjacent to an activating group) is 2. The lowest BCUT2D eigenvalue weighted by Crippen LogP contribution is -2.40. The number of amidine groups is 1. The normalized spacial score (nSPS) is 16.4. The molecule has 3 atom stereocenters. The van der Waals surface area contributed by atoms with Crippen LogP contribution < -0.4 is 31.6 Å². The van der Waals surface area contributed by atoms with Crippen LogP contribution in [0.3, 0.4) is 0 Å². The molecular weight excluding hydrogens is 986 g/mol. The Bertz CT molecular complexity index is 2380. The number of alkyl halides is 1. The molecular formula is C47H56BrF2N8O4PS3. The molecule has 2 saturated heterocycles. The molecule has 2 aliphatic rings. The number of nitrogen functional groups attached to an aromatic ring is 1. The maximum atomic E-state index is 13.4. The van der Waals surface area contributed by atoms with E-state index in [1.165, 1.54) is 61.1 Å². The Kier molecular flexibility index (Phi) is 21.7. The number of halogens is 3. The third-order valence-electron chi connectivity index (χ3n) is 10.3. The number of likely N-dealkylation sites (tertiary alicyclic amines) is 2. The molecule has 0 amide bonds. The fourth-order valence-corrected chi connectivity index (χ4v) is 9.26. The third-order valence-corrected chi connectivity index (χ3v) is 13.0. The second-order valence-electron chi connectivity index (χ2n) is 15.1. The van der Waals surface area contributed by atoms with Gasteiger partial charge in [0.2, 0.25) is 5.78 Å². The summed E-state index contributed by atoms with van der Waals surface area (Å²) in [6.07, 6.45) is 5.01. The molecule has 2 aliphatic heterocycles. The number of aromatic nitrogens is 1. The first-order valence-electron chi connectivity index (χ1n) is 21.5. The number of nitrogens with two attached hydrogens (primary N) is 2. The number of thiazole rings is 1. The first kappa shape index (κ1) is 52.4. The van der Waals surface area contributed by atoms with Gasteiger partial charge in [0.25, 0.3) is 0 Å². The molecule has 3 unspecified atom stereocenters. The number of benzene rings is 4. The zero-order valence-corrected chi connectivity index (χ0v) is 42.1. The van der Waals surface area contributed by atoms with Crippen molar-refractivity contribution in [1.29, 1.82) is 0 Å². The summed E-state index contributed by atoms with van der Waals surface area (Å²) in [4.78, 5) is 37.1. The molecule has 0 aliphatic carbocycles. The average Bonchev–Trinajstić information content (AvgIpc) is 3.69. The lowest BCUT2D eigenvalue weighted by molar-refractivity contribution is 0.0919. The van der Waals surface area contributed by atoms with Gasteiger partial charge in [0.1, 0.15) is 46.0 Å². The zero-order chi connectivity index (χ0) is 47.4. The first-order valence-corrected chi connectivity index (χ1v) is 25.7. The highest BCUT2D eigenvalue weighted by Gasteiger charge is 2.22. The zero-order valence-electron chi connectivity index (χ0n) is 36.9. The van der Waals surface area contributed by atoms with Gasteiger partial charge in [-0.1, -0.05) is 77.1 Å². The van der Waals surface area contributed by atoms with Gasteiger partial charge in [0, 0.05) is 41.1 Å². The Morgan fingerprint density at radius 1 is 0.879 bits per heavy atom. The highest BCUT2D eigenvalue weighted by molar-refractivity contribution is 9.09. The quantitative estimate of drug-likeness (QED) is 0.0208. The van der Waals surface area contributed by atoms with Crippen LogP contribution >= 0.6 is 60.5 Å². The highest BCUT2D eigenvalue weighted by atomic mass is 79.9. The van der Waals surface area contributed by atoms with Crippen molar-refractivity contribution in [3.63, 3.8) is 0 Å². The lowest BCUT2D eigenvalue weighted by atomic mass is 10.1. The van der Waals surface area contributed by atoms with E-state index in [4.69, 9.17) is 33.2 Å². The van der Waals surface area contributed by atoms with Crippen LogP contribution in [0.2, 0.25) is 0 Å². The van der Waals surface area contributed by atoms with Gasteiger partial charge >= 0.3 is 0 Å². The first-order chi connectivity index (χ1) is 31.8. The molecule has 6 N–H and O–H groups in total. The minimum atomic E-state index is -0.467. The third kappa shape index (κ3) is 17.3. The topological polar surface area (TPSA) is 160 Å². The van der Waals surface area contributed by atoms with E-state index in [0.29, 0.717) is 21.0 Å². The van der Waals surface area contributed by atoms with Crippen LogP contribution in [-0.4, -0.2) is 98.9 Å². The molecule has 0 spiro atoms. The van der Waals surface area contributed by atoms with Crippen molar-refractivity contribution in [3.8, 4) is 11.5 Å². The number of carbonyl (C=O) groups is 2. The fraction of sp³-hybridized carbons (Fsp3) is 0.340. The molecule has 2 fully saturated rings. The van der Waals surface area contributed by atoms with Crippen molar-refractivity contribution in [2.24, 2.45) is 10.7 Å². The van der Waals surface area contributed by atoms with E-state index in [2.05, 4.69) is 69.4 Å². The molecule has 4 aromatic carbocycles. The number of rotatable bonds is 14. The molecule has 7 rings (SSSR count). The number of nitrogens with zero attached hydrogens (tertiary/aromatic N) is 4. The summed E-state index contributed by atoms with van der Waals surface area (Å²) < 4.78 is 38.1. The predicted octanol–water partition coefficient (Wildman–Crippen LogP) is 10.2. The molecule has 12 nitrogen and oxygen atoms in total. The second kappa shape index (κ2) is 27.3. The number of hydrogen-bond acceptors (Lipinski definition) is 12. The van der Waals surface area contributed by atoms with Gasteiger partial charge < -0.3 is 31.6 Å². The molecule has 66 heavy (non-hydrogen) atoms. The number of hydrogen-bond donors (Lipinski definition) is 4. The van der Waals surface area contributed by atoms with Crippen molar-refractivity contribution in [3.05, 3.63) is 125 Å². The number of carbonyl (C=O) groups excluding carboxylic acids is 2. The summed E-state index contributed by atoms with van der Waals surface area (Å²) in [7, 11) is 2.58. The predicted molar refractivity (Wildman–Crippen MR) is 279 cm³/mol. The summed E-state index contributed by atoms with van der Waals surface area (Å²) in [5.74, 6) is 0.538. The van der Waals surface area contributed by atoms with Gasteiger partial charge in [-0.2, -0.15) is 4.99 Å². The Balaban J connectivity index is 0.000000206. The molecule has 352 valence electrons. The van der Waals surface area contributed by atoms with Gasteiger partial charge in [0.05, 0.1) is 5.33 Å². The number of Topliss-reactive ketones (excluding diaryl/α,β-unsaturated/α-hetero) is 1. The number of ether oxygens (including phenoxy) is 2. The van der Waals surface area contributed by atoms with E-state index < -0.39 is 5.82 Å². The molecule has 1 aromatic heterocycles. The summed E-state index contributed by atoms with van der Waals surface area (Å²) in [5.41, 5.74) is 14.8. The molecule has 3 heterocycles. The number of nitrogens with one attached hydrogen (secondary N) is 2. The van der Waals surface area contributed by atoms with E-state index >= 15 is 0 Å². The van der Waals surface area contributed by atoms with Crippen LogP contribution in [0.15, 0.2) is 102 Å². The van der Waals surface area contributed by atoms with Gasteiger partial charge in [0.15, 0.2) is 21.2 Å². The van der Waals surface area contributed by atoms with Crippen LogP contribution in [0.1, 0.15) is 65.1 Å². The fourth-order valence-electron chi connectivity index (χ4n) is 6.95. The summed E-state index contributed by atoms with van der Waals surface area (Å²) in [6, 6.07) is 26.6. The summed E-state index contributed by atoms with van der Waals surface area (Å²) >= 11 is 10.8. The number of anilines is 4. The van der Waals surface area contributed by atoms with Crippen molar-refractivity contribution >= 4 is 105 Å². The number of ketones is 2. The highest BCUT2D eigenvalue weighted by Crippen LogP contribution is 2.31. The number of aliphatic imine (C=N–C) groups is 1. The minimum Gasteiger partial charge on any atom is -0.489 e. The Hall–Kier alpha value is -4.55. The average molecular weight is 1040 g/mol. The van der Waals surface area contributed by atoms with Gasteiger partial charge in [-0.3, -0.25) is 19.4 Å². The van der Waals surface area contributed by atoms with E-state index in [1.807, 2.05) is 48.5 Å². The standard InChI is InChI=1S/C23H25FN4O2S.C16H25N4OPS2.C8H6BrFO/c1-2-28-12-4-7-19(14-28)30-18-10-8-17(9-11-18)26-23-27-22(25)21(31-23)20(29)15-5-3-6-16(24)13-15;1-2-20-9-3-4-14(10-20)21-13-7-5-12(6-8-13)18-16(23)19-15(17)24-11-22;9-5-8(11)6-2-1-3-7(10)4-6/h3,5-6,8-11,13,19H,2,4,7,12,14,25H2,1H3,(H,26,27);5-8,14H,2-4,9-11,22H2,1H3,(H3,17,18,19,23);1-4H,5H2. The van der Waals surface area contributed by atoms with Crippen molar-refractivity contribution in [1.82, 2.24) is 14.8 Å². The summed E-state index contributed by atoms with van der Waals surface area (Å²) in [5, 5.41) is 7.77. The SMILES string of the molecule is CCN1CCCC(Oc2ccc(NC(=S)N=C(N)SCP)cc2)C1.CCN1CCCC(Oc2ccc(Nc3nc(N)c(C(=O)c4cccc(F)c4)s3)cc2)C1.O=C(CBr)c1cccc(F)c1. The maximum Gasteiger partial charge on any atom is 0.206 e. The second-order valence-corrected chi connectivity index (χ2v) is 19.0. The van der Waals surface area contributed by atoms with Gasteiger partial charge in [-0.05, 0) is 137 Å². The largest absolute Gasteiger partial charge is 0.489 e. The van der Waals surface area contributed by atoms with Crippen LogP contribution in [-0.2, 0) is 0 Å². The van der Waals surface area contributed by atoms with Crippen LogP contribution in [0, 0.1) is 11.6 Å². The van der Waals surface area contributed by atoms with Gasteiger partial charge in [-0.15, -0.1) is 9.24 Å². The van der Waals surface area contributed by atoms with Crippen LogP contribution in [0.25, 0.3) is 0 Å². The van der Waals surface area contributed by atoms with E-state index in [9.17, 15) is 18.4 Å². The smallest absolute Gasteiger partial charge is 0.206 e. The van der Waals surface area contributed by atoms with E-state index in [-0.39, 0.29) is 51.2 Å². The van der Waals surface area contributed by atoms with Crippen LogP contribution in [0.5, 0.6) is 11.5 Å². The van der Waals surface area contributed by atoms with E-state index in [1.54, 1.807) is 12.1 Å². The van der Waals surface area contributed by atoms with Gasteiger partial charge in [-0.25, -0.2) is 13.8 Å². The van der Waals surface area contributed by atoms with Crippen molar-refractivity contribution < 1.29 is 27.8 Å². The lowest BCUT2D eigenvalue weighted by Gasteiger charge is -2.32. The Morgan fingerprint density at radius 3 is 1.92 bits per heavy atom. The number of piperidine rings is 2. The molecule has 0 radical (unpaired) electrons. The van der Waals surface area contributed by atoms with Crippen molar-refractivity contribution in [2.75, 3.05) is 66.5 Å². The van der Waals surface area contributed by atoms with Crippen LogP contribution in [0.4, 0.5) is 31.1 Å². The minimum absolute atomic E-state index is 0.107. The number of thioether (sulfide) groups is 1. The number of thiocarbonyl (C=S) groups is 1. The maximum absolute atomic E-state index is 13.4. The Morgan fingerprint density at radius 2 is 1.41 bits per heavy atom. The van der Waals surface area contributed by atoms with Crippen molar-refractivity contribution in [2.45, 2.75) is 51.7 Å².